The predicted octanol–water partition coefficient (Wildman–Crippen LogP) is 1.87. The molecule has 1 saturated heterocycles. The maximum absolute atomic E-state index is 14.0. The highest BCUT2D eigenvalue weighted by Crippen LogP contribution is 2.41. The van der Waals surface area contributed by atoms with E-state index in [0.29, 0.717) is 26.3 Å². The lowest BCUT2D eigenvalue weighted by molar-refractivity contribution is -0.318. The Labute approximate surface area is 238 Å². The van der Waals surface area contributed by atoms with Gasteiger partial charge in [-0.25, -0.2) is 4.79 Å². The molecule has 0 bridgehead atoms. The first-order valence-corrected chi connectivity index (χ1v) is 12.3. The summed E-state index contributed by atoms with van der Waals surface area (Å²) in [5.74, 6) is -5.57. The van der Waals surface area contributed by atoms with E-state index in [2.05, 4.69) is 0 Å². The first-order valence-electron chi connectivity index (χ1n) is 11.6. The first kappa shape index (κ1) is 32.1. The summed E-state index contributed by atoms with van der Waals surface area (Å²) in [6.45, 7) is 2.09. The number of halogens is 5. The average Bonchev–Trinajstić information content (AvgIpc) is 2.90. The van der Waals surface area contributed by atoms with Gasteiger partial charge in [0, 0.05) is 30.2 Å². The number of phenols is 1. The molecule has 1 aromatic heterocycles. The number of morpholine rings is 1. The molecule has 0 amide bonds. The number of benzene rings is 2. The number of rotatable bonds is 6. The molecule has 0 radical (unpaired) electrons. The summed E-state index contributed by atoms with van der Waals surface area (Å²) in [4.78, 5) is 34.5. The lowest BCUT2D eigenvalue weighted by Crippen LogP contribution is -2.46. The number of aliphatic hydroxyl groups excluding tert-OH is 2. The van der Waals surface area contributed by atoms with Gasteiger partial charge in [-0.3, -0.25) is 9.69 Å². The van der Waals surface area contributed by atoms with Gasteiger partial charge in [0.15, 0.2) is 6.10 Å². The van der Waals surface area contributed by atoms with Crippen LogP contribution >= 0.6 is 23.2 Å². The molecule has 41 heavy (non-hydrogen) atoms. The molecule has 4 N–H and O–H groups in total. The average molecular weight is 623 g/mol. The fraction of sp³-hybridized carbons (Fsp3) is 0.320. The van der Waals surface area contributed by atoms with Crippen molar-refractivity contribution in [1.29, 1.82) is 0 Å². The second-order valence-corrected chi connectivity index (χ2v) is 9.48. The number of phenolic OH excluding ortho intramolecular Hbond substituents is 1. The van der Waals surface area contributed by atoms with Gasteiger partial charge in [0.05, 0.1) is 40.7 Å². The van der Waals surface area contributed by atoms with Crippen molar-refractivity contribution in [3.63, 3.8) is 0 Å². The third kappa shape index (κ3) is 7.47. The number of hydrogen-bond donors (Lipinski definition) is 4. The van der Waals surface area contributed by atoms with Crippen molar-refractivity contribution < 1.29 is 57.4 Å². The fourth-order valence-corrected chi connectivity index (χ4v) is 4.34. The molecule has 3 aromatic rings. The molecular weight excluding hydrogens is 602 g/mol. The number of hydrogen-bond acceptors (Lipinski definition) is 10. The van der Waals surface area contributed by atoms with Crippen molar-refractivity contribution in [1.82, 2.24) is 4.90 Å². The Bertz CT molecular complexity index is 1490. The van der Waals surface area contributed by atoms with E-state index in [1.165, 1.54) is 30.3 Å². The minimum Gasteiger partial charge on any atom is -0.547 e. The van der Waals surface area contributed by atoms with Gasteiger partial charge in [-0.2, -0.15) is 13.2 Å². The van der Waals surface area contributed by atoms with Gasteiger partial charge in [-0.05, 0) is 24.3 Å². The van der Waals surface area contributed by atoms with Crippen LogP contribution < -0.4 is 10.5 Å². The predicted molar refractivity (Wildman–Crippen MR) is 135 cm³/mol. The van der Waals surface area contributed by atoms with Gasteiger partial charge in [-0.1, -0.05) is 29.3 Å². The van der Waals surface area contributed by atoms with Crippen molar-refractivity contribution in [3.8, 4) is 16.9 Å². The summed E-state index contributed by atoms with van der Waals surface area (Å²) in [5.41, 5.74) is -1.95. The van der Waals surface area contributed by atoms with Crippen LogP contribution in [0.4, 0.5) is 13.2 Å². The molecule has 16 heteroatoms. The van der Waals surface area contributed by atoms with E-state index in [4.69, 9.17) is 47.7 Å². The Balaban J connectivity index is 0.000000397. The Morgan fingerprint density at radius 3 is 2.22 bits per heavy atom. The molecule has 0 spiro atoms. The lowest BCUT2D eigenvalue weighted by atomic mass is 10.00. The van der Waals surface area contributed by atoms with Crippen LogP contribution in [0.5, 0.6) is 5.75 Å². The smallest absolute Gasteiger partial charge is 0.450 e. The number of aliphatic hydroxyl groups is 2. The van der Waals surface area contributed by atoms with Gasteiger partial charge in [0.2, 0.25) is 11.2 Å². The Hall–Kier alpha value is -3.40. The van der Waals surface area contributed by atoms with E-state index in [0.717, 1.165) is 0 Å². The molecule has 2 aromatic carbocycles. The van der Waals surface area contributed by atoms with Crippen LogP contribution in [0, 0.1) is 0 Å². The molecular formula is C25H21Cl2F3NO10-. The van der Waals surface area contributed by atoms with Gasteiger partial charge < -0.3 is 39.5 Å². The quantitative estimate of drug-likeness (QED) is 0.315. The summed E-state index contributed by atoms with van der Waals surface area (Å²) in [5, 5.41) is 44.5. The van der Waals surface area contributed by atoms with Crippen LogP contribution in [0.2, 0.25) is 10.0 Å². The van der Waals surface area contributed by atoms with E-state index in [1.807, 2.05) is 4.90 Å². The number of fused-ring (bicyclic) bond motifs is 1. The van der Waals surface area contributed by atoms with Gasteiger partial charge in [0.1, 0.15) is 17.4 Å². The molecule has 2 unspecified atom stereocenters. The molecule has 2 atom stereocenters. The minimum absolute atomic E-state index is 0.0879. The summed E-state index contributed by atoms with van der Waals surface area (Å²) in [6, 6.07) is 6.35. The molecule has 4 rings (SSSR count). The first-order chi connectivity index (χ1) is 19.1. The summed E-state index contributed by atoms with van der Waals surface area (Å²) < 4.78 is 52.4. The van der Waals surface area contributed by atoms with E-state index < -0.39 is 47.1 Å². The highest BCUT2D eigenvalue weighted by molar-refractivity contribution is 6.36. The van der Waals surface area contributed by atoms with Crippen molar-refractivity contribution in [2.75, 3.05) is 26.3 Å². The molecule has 11 nitrogen and oxygen atoms in total. The third-order valence-corrected chi connectivity index (χ3v) is 6.42. The number of carboxylic acid groups (broad SMARTS) is 2. The zero-order valence-corrected chi connectivity index (χ0v) is 22.2. The number of ether oxygens (including phenoxy) is 1. The van der Waals surface area contributed by atoms with E-state index in [-0.39, 0.29) is 44.4 Å². The number of alkyl halides is 3. The topological polar surface area (TPSA) is 181 Å². The molecule has 0 aliphatic carbocycles. The van der Waals surface area contributed by atoms with Crippen molar-refractivity contribution in [3.05, 3.63) is 61.9 Å². The van der Waals surface area contributed by atoms with E-state index >= 15 is 0 Å². The van der Waals surface area contributed by atoms with Crippen LogP contribution in [0.3, 0.4) is 0 Å². The standard InChI is InChI=1S/C21H16Cl2F3NO4.C4H6O6/c22-11-1-2-12(15(23)9-11)17-18(29)13-3-4-16(28)14(10-27-5-7-30-8-6-27)19(13)31-20(17)21(24,25)26;5-1(3(7)8)2(6)4(9)10/h1-4,9,28H,5-8,10H2;1-2,5-6H,(H,7,8)(H,9,10)/p-1. The zero-order valence-electron chi connectivity index (χ0n) is 20.7. The zero-order chi connectivity index (χ0) is 30.6. The summed E-state index contributed by atoms with van der Waals surface area (Å²) in [7, 11) is 0. The number of carboxylic acids is 2. The monoisotopic (exact) mass is 622 g/mol. The maximum atomic E-state index is 14.0. The molecule has 1 fully saturated rings. The summed E-state index contributed by atoms with van der Waals surface area (Å²) in [6.07, 6.45) is -9.68. The number of aliphatic carboxylic acids is 2. The van der Waals surface area contributed by atoms with Crippen LogP contribution in [-0.4, -0.2) is 75.8 Å². The van der Waals surface area contributed by atoms with Crippen LogP contribution in [-0.2, 0) is 27.0 Å². The SMILES string of the molecule is O=C([O-])C(O)C(O)C(=O)O.O=c1c(-c2ccc(Cl)cc2Cl)c(C(F)(F)F)oc2c(CN3CCOCC3)c(O)ccc12. The number of nitrogens with zero attached hydrogens (tertiary/aromatic N) is 1. The largest absolute Gasteiger partial charge is 0.547 e. The van der Waals surface area contributed by atoms with Gasteiger partial charge in [0.25, 0.3) is 0 Å². The molecule has 2 heterocycles. The van der Waals surface area contributed by atoms with E-state index in [1.54, 1.807) is 0 Å². The Kier molecular flexibility index (Phi) is 10.2. The fourth-order valence-electron chi connectivity index (χ4n) is 3.84. The highest BCUT2D eigenvalue weighted by atomic mass is 35.5. The Morgan fingerprint density at radius 2 is 1.71 bits per heavy atom. The van der Waals surface area contributed by atoms with Crippen LogP contribution in [0.1, 0.15) is 11.3 Å². The minimum atomic E-state index is -4.98. The molecule has 0 saturated carbocycles. The van der Waals surface area contributed by atoms with Crippen LogP contribution in [0.15, 0.2) is 39.5 Å². The number of aromatic hydroxyl groups is 1. The van der Waals surface area contributed by atoms with Crippen LogP contribution in [0.25, 0.3) is 22.1 Å². The Morgan fingerprint density at radius 1 is 1.07 bits per heavy atom. The van der Waals surface area contributed by atoms with Gasteiger partial charge >= 0.3 is 12.1 Å². The van der Waals surface area contributed by atoms with Gasteiger partial charge in [-0.15, -0.1) is 0 Å². The molecule has 1 aliphatic rings. The van der Waals surface area contributed by atoms with Crippen molar-refractivity contribution in [2.24, 2.45) is 0 Å². The van der Waals surface area contributed by atoms with E-state index in [9.17, 15) is 37.8 Å². The van der Waals surface area contributed by atoms with Crippen molar-refractivity contribution in [2.45, 2.75) is 24.9 Å². The normalized spacial score (nSPS) is 15.6. The summed E-state index contributed by atoms with van der Waals surface area (Å²) >= 11 is 12.0. The maximum Gasteiger partial charge on any atom is 0.450 e. The number of carbonyl (C=O) groups excluding carboxylic acids is 1. The van der Waals surface area contributed by atoms with Crippen molar-refractivity contribution >= 4 is 46.1 Å². The lowest BCUT2D eigenvalue weighted by Gasteiger charge is -2.27. The highest BCUT2D eigenvalue weighted by Gasteiger charge is 2.40. The third-order valence-electron chi connectivity index (χ3n) is 5.88. The molecule has 222 valence electrons. The molecule has 1 aliphatic heterocycles. The second-order valence-electron chi connectivity index (χ2n) is 8.63. The second kappa shape index (κ2) is 13.1. The number of carbonyl (C=O) groups is 2.